The summed E-state index contributed by atoms with van der Waals surface area (Å²) in [5.74, 6) is 3.34. The number of nitrogens with one attached hydrogen (secondary N) is 1. The first-order valence-electron chi connectivity index (χ1n) is 7.51. The quantitative estimate of drug-likeness (QED) is 0.896. The van der Waals surface area contributed by atoms with Crippen LogP contribution in [0.1, 0.15) is 32.5 Å². The second-order valence-electron chi connectivity index (χ2n) is 5.57. The monoisotopic (exact) mass is 278 g/mol. The van der Waals surface area contributed by atoms with Crippen LogP contribution in [-0.4, -0.2) is 42.8 Å². The molecule has 0 amide bonds. The lowest BCUT2D eigenvalue weighted by molar-refractivity contribution is 0.0496. The number of aromatic nitrogens is 2. The van der Waals surface area contributed by atoms with Crippen LogP contribution in [0, 0.1) is 12.8 Å². The highest BCUT2D eigenvalue weighted by atomic mass is 16.5. The number of rotatable bonds is 5. The molecule has 1 aliphatic heterocycles. The summed E-state index contributed by atoms with van der Waals surface area (Å²) in [6, 6.07) is 2.05. The van der Waals surface area contributed by atoms with Gasteiger partial charge in [-0.05, 0) is 25.7 Å². The van der Waals surface area contributed by atoms with E-state index >= 15 is 0 Å². The van der Waals surface area contributed by atoms with Crippen molar-refractivity contribution in [1.82, 2.24) is 9.97 Å². The Morgan fingerprint density at radius 3 is 2.95 bits per heavy atom. The first kappa shape index (κ1) is 15.0. The summed E-state index contributed by atoms with van der Waals surface area (Å²) in [7, 11) is 1.80. The van der Waals surface area contributed by atoms with Gasteiger partial charge in [0.2, 0.25) is 0 Å². The molecule has 2 rings (SSSR count). The smallest absolute Gasteiger partial charge is 0.134 e. The standard InChI is InChI=1S/C15H26N4O/c1-5-7-16-14-9-15(18-12(3)17-14)19-8-6-11(2)13(10-19)20-4/h9,11,13H,5-8,10H2,1-4H3,(H,16,17,18). The van der Waals surface area contributed by atoms with Gasteiger partial charge in [0.15, 0.2) is 0 Å². The molecular formula is C15H26N4O. The molecule has 5 nitrogen and oxygen atoms in total. The second kappa shape index (κ2) is 6.88. The van der Waals surface area contributed by atoms with Crippen LogP contribution in [0.15, 0.2) is 6.07 Å². The molecule has 1 aromatic heterocycles. The number of piperidine rings is 1. The first-order chi connectivity index (χ1) is 9.63. The van der Waals surface area contributed by atoms with Gasteiger partial charge in [-0.1, -0.05) is 13.8 Å². The van der Waals surface area contributed by atoms with Crippen molar-refractivity contribution >= 4 is 11.6 Å². The van der Waals surface area contributed by atoms with Crippen molar-refractivity contribution in [1.29, 1.82) is 0 Å². The summed E-state index contributed by atoms with van der Waals surface area (Å²) < 4.78 is 5.58. The number of ether oxygens (including phenoxy) is 1. The molecule has 1 aromatic rings. The Bertz CT molecular complexity index is 438. The maximum absolute atomic E-state index is 5.58. The molecule has 0 bridgehead atoms. The minimum atomic E-state index is 0.283. The normalized spacial score (nSPS) is 22.9. The van der Waals surface area contributed by atoms with Gasteiger partial charge in [-0.15, -0.1) is 0 Å². The third-order valence-corrected chi connectivity index (χ3v) is 3.90. The molecule has 0 aliphatic carbocycles. The zero-order valence-corrected chi connectivity index (χ0v) is 13.0. The number of anilines is 2. The van der Waals surface area contributed by atoms with Crippen molar-refractivity contribution in [3.05, 3.63) is 11.9 Å². The highest BCUT2D eigenvalue weighted by Gasteiger charge is 2.27. The van der Waals surface area contributed by atoms with Crippen LogP contribution in [0.5, 0.6) is 0 Å². The summed E-state index contributed by atoms with van der Waals surface area (Å²) in [4.78, 5) is 11.3. The van der Waals surface area contributed by atoms with E-state index in [1.54, 1.807) is 7.11 Å². The molecule has 112 valence electrons. The summed E-state index contributed by atoms with van der Waals surface area (Å²) in [5, 5.41) is 3.34. The average molecular weight is 278 g/mol. The Hall–Kier alpha value is -1.36. The predicted molar refractivity (Wildman–Crippen MR) is 82.3 cm³/mol. The highest BCUT2D eigenvalue weighted by molar-refractivity contribution is 5.49. The van der Waals surface area contributed by atoms with E-state index in [0.29, 0.717) is 5.92 Å². The van der Waals surface area contributed by atoms with Crippen LogP contribution in [-0.2, 0) is 4.74 Å². The van der Waals surface area contributed by atoms with Crippen LogP contribution >= 0.6 is 0 Å². The van der Waals surface area contributed by atoms with Crippen molar-refractivity contribution in [2.45, 2.75) is 39.7 Å². The van der Waals surface area contributed by atoms with Crippen LogP contribution in [0.3, 0.4) is 0 Å². The molecule has 1 saturated heterocycles. The van der Waals surface area contributed by atoms with Gasteiger partial charge < -0.3 is 15.0 Å². The molecule has 0 radical (unpaired) electrons. The van der Waals surface area contributed by atoms with Gasteiger partial charge in [0.1, 0.15) is 17.5 Å². The van der Waals surface area contributed by atoms with E-state index in [2.05, 4.69) is 34.0 Å². The lowest BCUT2D eigenvalue weighted by Crippen LogP contribution is -2.44. The molecule has 2 heterocycles. The van der Waals surface area contributed by atoms with Crippen molar-refractivity contribution in [2.24, 2.45) is 5.92 Å². The Kier molecular flexibility index (Phi) is 5.17. The molecule has 2 unspecified atom stereocenters. The Morgan fingerprint density at radius 1 is 1.45 bits per heavy atom. The maximum Gasteiger partial charge on any atom is 0.134 e. The van der Waals surface area contributed by atoms with E-state index in [9.17, 15) is 0 Å². The fourth-order valence-corrected chi connectivity index (χ4v) is 2.61. The Morgan fingerprint density at radius 2 is 2.25 bits per heavy atom. The van der Waals surface area contributed by atoms with Crippen molar-refractivity contribution in [3.8, 4) is 0 Å². The fourth-order valence-electron chi connectivity index (χ4n) is 2.61. The van der Waals surface area contributed by atoms with Crippen molar-refractivity contribution < 1.29 is 4.74 Å². The van der Waals surface area contributed by atoms with Gasteiger partial charge in [-0.25, -0.2) is 9.97 Å². The third kappa shape index (κ3) is 3.60. The maximum atomic E-state index is 5.58. The summed E-state index contributed by atoms with van der Waals surface area (Å²) in [6.07, 6.45) is 2.51. The lowest BCUT2D eigenvalue weighted by Gasteiger charge is -2.37. The molecule has 1 aliphatic rings. The van der Waals surface area contributed by atoms with Crippen LogP contribution in [0.2, 0.25) is 0 Å². The molecule has 0 spiro atoms. The highest BCUT2D eigenvalue weighted by Crippen LogP contribution is 2.24. The van der Waals surface area contributed by atoms with Gasteiger partial charge in [0, 0.05) is 32.8 Å². The van der Waals surface area contributed by atoms with Gasteiger partial charge in [0.05, 0.1) is 6.10 Å². The molecule has 5 heteroatoms. The van der Waals surface area contributed by atoms with Crippen LogP contribution in [0.4, 0.5) is 11.6 Å². The minimum Gasteiger partial charge on any atom is -0.379 e. The van der Waals surface area contributed by atoms with E-state index in [0.717, 1.165) is 49.9 Å². The number of hydrogen-bond donors (Lipinski definition) is 1. The zero-order chi connectivity index (χ0) is 14.5. The number of hydrogen-bond acceptors (Lipinski definition) is 5. The number of nitrogens with zero attached hydrogens (tertiary/aromatic N) is 3. The first-order valence-corrected chi connectivity index (χ1v) is 7.51. The molecular weight excluding hydrogens is 252 g/mol. The minimum absolute atomic E-state index is 0.283. The van der Waals surface area contributed by atoms with Gasteiger partial charge in [-0.3, -0.25) is 0 Å². The zero-order valence-electron chi connectivity index (χ0n) is 13.0. The number of methoxy groups -OCH3 is 1. The number of aryl methyl sites for hydroxylation is 1. The Labute approximate surface area is 121 Å². The van der Waals surface area contributed by atoms with Crippen LogP contribution < -0.4 is 10.2 Å². The molecule has 20 heavy (non-hydrogen) atoms. The van der Waals surface area contributed by atoms with E-state index in [1.807, 2.05) is 13.0 Å². The Balaban J connectivity index is 2.13. The van der Waals surface area contributed by atoms with E-state index < -0.39 is 0 Å². The topological polar surface area (TPSA) is 50.3 Å². The predicted octanol–water partition coefficient (Wildman–Crippen LogP) is 2.47. The van der Waals surface area contributed by atoms with Crippen molar-refractivity contribution in [2.75, 3.05) is 37.0 Å². The van der Waals surface area contributed by atoms with Gasteiger partial charge in [-0.2, -0.15) is 0 Å². The van der Waals surface area contributed by atoms with Gasteiger partial charge in [0.25, 0.3) is 0 Å². The van der Waals surface area contributed by atoms with E-state index in [-0.39, 0.29) is 6.10 Å². The largest absolute Gasteiger partial charge is 0.379 e. The summed E-state index contributed by atoms with van der Waals surface area (Å²) >= 11 is 0. The second-order valence-corrected chi connectivity index (χ2v) is 5.57. The lowest BCUT2D eigenvalue weighted by atomic mass is 9.96. The van der Waals surface area contributed by atoms with E-state index in [4.69, 9.17) is 4.74 Å². The fraction of sp³-hybridized carbons (Fsp3) is 0.733. The van der Waals surface area contributed by atoms with E-state index in [1.165, 1.54) is 0 Å². The average Bonchev–Trinajstić information content (AvgIpc) is 2.45. The molecule has 0 saturated carbocycles. The molecule has 2 atom stereocenters. The molecule has 1 N–H and O–H groups in total. The van der Waals surface area contributed by atoms with Crippen LogP contribution in [0.25, 0.3) is 0 Å². The summed E-state index contributed by atoms with van der Waals surface area (Å²) in [6.45, 7) is 9.22. The third-order valence-electron chi connectivity index (χ3n) is 3.90. The van der Waals surface area contributed by atoms with Gasteiger partial charge >= 0.3 is 0 Å². The SMILES string of the molecule is CCCNc1cc(N2CCC(C)C(OC)C2)nc(C)n1. The van der Waals surface area contributed by atoms with Crippen molar-refractivity contribution in [3.63, 3.8) is 0 Å². The molecule has 1 fully saturated rings. The molecule has 0 aromatic carbocycles. The summed E-state index contributed by atoms with van der Waals surface area (Å²) in [5.41, 5.74) is 0.